The molecule has 2 amide bonds. The van der Waals surface area contributed by atoms with Gasteiger partial charge in [-0.3, -0.25) is 19.3 Å². The Morgan fingerprint density at radius 2 is 1.63 bits per heavy atom. The van der Waals surface area contributed by atoms with Gasteiger partial charge in [-0.1, -0.05) is 36.4 Å². The monoisotopic (exact) mass is 485 g/mol. The third-order valence-electron chi connectivity index (χ3n) is 7.73. The first-order valence-electron chi connectivity index (χ1n) is 11.8. The van der Waals surface area contributed by atoms with Crippen molar-refractivity contribution < 1.29 is 23.9 Å². The highest BCUT2D eigenvalue weighted by Gasteiger charge is 2.64. The maximum absolute atomic E-state index is 13.5. The van der Waals surface area contributed by atoms with E-state index in [2.05, 4.69) is 12.1 Å². The average Bonchev–Trinajstić information content (AvgIpc) is 3.67. The molecule has 6 nitrogen and oxygen atoms in total. The van der Waals surface area contributed by atoms with E-state index in [1.807, 2.05) is 18.2 Å². The quantitative estimate of drug-likeness (QED) is 0.287. The Morgan fingerprint density at radius 1 is 0.886 bits per heavy atom. The summed E-state index contributed by atoms with van der Waals surface area (Å²) in [5.41, 5.74) is 1.98. The van der Waals surface area contributed by atoms with Crippen LogP contribution < -0.4 is 4.90 Å². The van der Waals surface area contributed by atoms with Gasteiger partial charge < -0.3 is 4.74 Å². The lowest BCUT2D eigenvalue weighted by atomic mass is 9.73. The summed E-state index contributed by atoms with van der Waals surface area (Å²) in [5.74, 6) is -0.945. The summed E-state index contributed by atoms with van der Waals surface area (Å²) in [6, 6.07) is 20.0. The molecule has 1 aromatic heterocycles. The van der Waals surface area contributed by atoms with Crippen molar-refractivity contribution in [3.8, 4) is 0 Å². The van der Waals surface area contributed by atoms with E-state index in [1.165, 1.54) is 33.9 Å². The molecule has 6 rings (SSSR count). The number of anilines is 1. The summed E-state index contributed by atoms with van der Waals surface area (Å²) < 4.78 is 5.14. The second-order valence-electron chi connectivity index (χ2n) is 9.50. The lowest BCUT2D eigenvalue weighted by Gasteiger charge is -2.28. The molecule has 3 aromatic rings. The molecule has 3 aliphatic rings. The van der Waals surface area contributed by atoms with Gasteiger partial charge in [0.2, 0.25) is 17.6 Å². The van der Waals surface area contributed by atoms with Crippen LogP contribution in [0, 0.1) is 23.7 Å². The Morgan fingerprint density at radius 3 is 2.34 bits per heavy atom. The van der Waals surface area contributed by atoms with Crippen molar-refractivity contribution in [2.75, 3.05) is 11.5 Å². The van der Waals surface area contributed by atoms with Crippen LogP contribution in [-0.4, -0.2) is 30.2 Å². The SMILES string of the molecule is O=C(OCC(=O)c1cccs1)c1ccc(N2C(=O)[C@@H]3[C@H]4C[C@H]([C@H]3C2=O)[C@H](c2ccccc2)C4)cc1. The Labute approximate surface area is 206 Å². The van der Waals surface area contributed by atoms with Crippen molar-refractivity contribution in [3.05, 3.63) is 88.1 Å². The zero-order valence-electron chi connectivity index (χ0n) is 18.8. The van der Waals surface area contributed by atoms with Crippen LogP contribution in [0.15, 0.2) is 72.1 Å². The van der Waals surface area contributed by atoms with Gasteiger partial charge in [-0.25, -0.2) is 4.79 Å². The summed E-state index contributed by atoms with van der Waals surface area (Å²) in [6.45, 7) is -0.334. The van der Waals surface area contributed by atoms with Crippen molar-refractivity contribution in [2.24, 2.45) is 23.7 Å². The maximum atomic E-state index is 13.5. The predicted octanol–water partition coefficient (Wildman–Crippen LogP) is 4.72. The number of nitrogens with zero attached hydrogens (tertiary/aromatic N) is 1. The van der Waals surface area contributed by atoms with Gasteiger partial charge in [0.15, 0.2) is 6.61 Å². The van der Waals surface area contributed by atoms with Gasteiger partial charge in [-0.2, -0.15) is 0 Å². The fraction of sp³-hybridized carbons (Fsp3) is 0.286. The minimum Gasteiger partial charge on any atom is -0.454 e. The molecule has 35 heavy (non-hydrogen) atoms. The number of carbonyl (C=O) groups excluding carboxylic acids is 4. The van der Waals surface area contributed by atoms with E-state index >= 15 is 0 Å². The molecule has 0 radical (unpaired) electrons. The molecule has 2 heterocycles. The van der Waals surface area contributed by atoms with E-state index in [9.17, 15) is 19.2 Å². The van der Waals surface area contributed by atoms with Crippen LogP contribution in [0.4, 0.5) is 5.69 Å². The first-order valence-corrected chi connectivity index (χ1v) is 12.7. The van der Waals surface area contributed by atoms with E-state index in [4.69, 9.17) is 4.74 Å². The van der Waals surface area contributed by atoms with Gasteiger partial charge in [-0.15, -0.1) is 11.3 Å². The lowest BCUT2D eigenvalue weighted by molar-refractivity contribution is -0.123. The molecule has 7 heteroatoms. The highest BCUT2D eigenvalue weighted by Crippen LogP contribution is 2.61. The summed E-state index contributed by atoms with van der Waals surface area (Å²) in [7, 11) is 0. The summed E-state index contributed by atoms with van der Waals surface area (Å²) in [4.78, 5) is 53.1. The fourth-order valence-corrected chi connectivity index (χ4v) is 6.92. The topological polar surface area (TPSA) is 80.8 Å². The number of hydrogen-bond donors (Lipinski definition) is 0. The van der Waals surface area contributed by atoms with Gasteiger partial charge >= 0.3 is 5.97 Å². The standard InChI is InChI=1S/C28H23NO5S/c30-22(23-7-4-12-35-23)15-34-28(33)17-8-10-19(11-9-17)29-26(31)24-18-13-20(16-5-2-1-3-6-16)21(14-18)25(24)27(29)32/h1-12,18,20-21,24-25H,13-15H2/t18-,20+,21+,24-,25-/m1/s1. The van der Waals surface area contributed by atoms with E-state index in [1.54, 1.807) is 29.6 Å². The maximum Gasteiger partial charge on any atom is 0.338 e. The molecule has 3 fully saturated rings. The third-order valence-corrected chi connectivity index (χ3v) is 8.65. The van der Waals surface area contributed by atoms with E-state index in [-0.39, 0.29) is 53.4 Å². The number of hydrogen-bond acceptors (Lipinski definition) is 6. The zero-order valence-corrected chi connectivity index (χ0v) is 19.6. The number of imide groups is 1. The van der Waals surface area contributed by atoms with Crippen LogP contribution in [0.25, 0.3) is 0 Å². The Kier molecular flexibility index (Phi) is 5.37. The molecule has 1 saturated heterocycles. The van der Waals surface area contributed by atoms with Gasteiger partial charge in [-0.05, 0) is 71.9 Å². The normalized spacial score (nSPS) is 26.7. The van der Waals surface area contributed by atoms with Crippen LogP contribution in [0.3, 0.4) is 0 Å². The largest absolute Gasteiger partial charge is 0.454 e. The number of carbonyl (C=O) groups is 4. The third kappa shape index (κ3) is 3.62. The number of Topliss-reactive ketones (excluding diaryl/α,β-unsaturated/α-hetero) is 1. The first-order chi connectivity index (χ1) is 17.0. The van der Waals surface area contributed by atoms with Gasteiger partial charge in [0.05, 0.1) is 28.0 Å². The molecular weight excluding hydrogens is 462 g/mol. The van der Waals surface area contributed by atoms with Crippen molar-refractivity contribution in [1.82, 2.24) is 0 Å². The van der Waals surface area contributed by atoms with Gasteiger partial charge in [0, 0.05) is 0 Å². The highest BCUT2D eigenvalue weighted by atomic mass is 32.1. The Balaban J connectivity index is 1.16. The Hall–Kier alpha value is -3.58. The van der Waals surface area contributed by atoms with Crippen molar-refractivity contribution in [1.29, 1.82) is 0 Å². The van der Waals surface area contributed by atoms with Gasteiger partial charge in [0.1, 0.15) is 0 Å². The minimum atomic E-state index is -0.624. The summed E-state index contributed by atoms with van der Waals surface area (Å²) in [5, 5.41) is 1.79. The van der Waals surface area contributed by atoms with Crippen molar-refractivity contribution in [2.45, 2.75) is 18.8 Å². The van der Waals surface area contributed by atoms with Crippen LogP contribution in [0.5, 0.6) is 0 Å². The molecule has 5 atom stereocenters. The number of amides is 2. The zero-order chi connectivity index (χ0) is 24.1. The van der Waals surface area contributed by atoms with Crippen LogP contribution in [0.2, 0.25) is 0 Å². The number of benzene rings is 2. The summed E-state index contributed by atoms with van der Waals surface area (Å²) >= 11 is 1.30. The average molecular weight is 486 g/mol. The second kappa shape index (κ2) is 8.57. The highest BCUT2D eigenvalue weighted by molar-refractivity contribution is 7.12. The second-order valence-corrected chi connectivity index (χ2v) is 10.4. The lowest BCUT2D eigenvalue weighted by Crippen LogP contribution is -2.33. The van der Waals surface area contributed by atoms with Gasteiger partial charge in [0.25, 0.3) is 0 Å². The number of thiophene rings is 1. The molecule has 176 valence electrons. The number of ether oxygens (including phenoxy) is 1. The number of fused-ring (bicyclic) bond motifs is 5. The molecule has 0 unspecified atom stereocenters. The van der Waals surface area contributed by atoms with E-state index in [0.717, 1.165) is 12.8 Å². The molecule has 2 aromatic carbocycles. The van der Waals surface area contributed by atoms with Crippen LogP contribution >= 0.6 is 11.3 Å². The molecule has 2 saturated carbocycles. The fourth-order valence-electron chi connectivity index (χ4n) is 6.27. The molecule has 2 bridgehead atoms. The molecule has 0 spiro atoms. The first kappa shape index (κ1) is 21.9. The number of rotatable bonds is 6. The number of ketones is 1. The molecule has 0 N–H and O–H groups in total. The number of esters is 1. The summed E-state index contributed by atoms with van der Waals surface area (Å²) in [6.07, 6.45) is 1.87. The van der Waals surface area contributed by atoms with Crippen molar-refractivity contribution in [3.63, 3.8) is 0 Å². The molecule has 1 aliphatic heterocycles. The smallest absolute Gasteiger partial charge is 0.338 e. The van der Waals surface area contributed by atoms with Crippen LogP contribution in [-0.2, 0) is 14.3 Å². The molecular formula is C28H23NO5S. The van der Waals surface area contributed by atoms with E-state index in [0.29, 0.717) is 16.5 Å². The predicted molar refractivity (Wildman–Crippen MR) is 130 cm³/mol. The molecule has 2 aliphatic carbocycles. The van der Waals surface area contributed by atoms with Crippen molar-refractivity contribution >= 4 is 40.6 Å². The van der Waals surface area contributed by atoms with Crippen LogP contribution in [0.1, 0.15) is 44.4 Å². The minimum absolute atomic E-state index is 0.129. The Bertz CT molecular complexity index is 1300. The van der Waals surface area contributed by atoms with E-state index < -0.39 is 5.97 Å².